The van der Waals surface area contributed by atoms with Crippen LogP contribution in [0.5, 0.6) is 0 Å². The summed E-state index contributed by atoms with van der Waals surface area (Å²) in [6, 6.07) is 10.5. The van der Waals surface area contributed by atoms with E-state index in [-0.39, 0.29) is 5.25 Å². The maximum Gasteiger partial charge on any atom is 0.230 e. The summed E-state index contributed by atoms with van der Waals surface area (Å²) in [5, 5.41) is 0.219. The Kier molecular flexibility index (Phi) is 6.09. The van der Waals surface area contributed by atoms with E-state index in [4.69, 9.17) is 10.7 Å². The molecule has 25 heavy (non-hydrogen) atoms. The molecule has 0 spiro atoms. The van der Waals surface area contributed by atoms with Gasteiger partial charge in [-0.15, -0.1) is 11.8 Å². The summed E-state index contributed by atoms with van der Waals surface area (Å²) in [6.07, 6.45) is 0.961. The van der Waals surface area contributed by atoms with Crippen LogP contribution in [0.25, 0.3) is 0 Å². The standard InChI is InChI=1S/C18H26N6S/c1-3-15(25-13-14-7-5-4-6-8-14)16-20-17(19)22-18(21-16)24-11-9-23(2)10-12-24/h4-8,15H,3,9-13H2,1-2H3,(H2,19,20,21,22). The molecular formula is C18H26N6S. The monoisotopic (exact) mass is 358 g/mol. The Morgan fingerprint density at radius 1 is 1.08 bits per heavy atom. The van der Waals surface area contributed by atoms with Crippen LogP contribution in [0.4, 0.5) is 11.9 Å². The molecule has 0 saturated carbocycles. The third kappa shape index (κ3) is 4.83. The highest BCUT2D eigenvalue weighted by molar-refractivity contribution is 7.98. The van der Waals surface area contributed by atoms with Gasteiger partial charge >= 0.3 is 0 Å². The molecule has 7 heteroatoms. The number of rotatable bonds is 6. The first-order valence-corrected chi connectivity index (χ1v) is 9.81. The highest BCUT2D eigenvalue weighted by Crippen LogP contribution is 2.33. The first kappa shape index (κ1) is 17.9. The number of nitrogens with zero attached hydrogens (tertiary/aromatic N) is 5. The summed E-state index contributed by atoms with van der Waals surface area (Å²) >= 11 is 1.86. The number of nitrogens with two attached hydrogens (primary N) is 1. The number of nitrogen functional groups attached to an aromatic ring is 1. The Hall–Kier alpha value is -1.86. The minimum absolute atomic E-state index is 0.219. The molecule has 134 valence electrons. The van der Waals surface area contributed by atoms with Gasteiger partial charge in [0.2, 0.25) is 11.9 Å². The quantitative estimate of drug-likeness (QED) is 0.851. The minimum Gasteiger partial charge on any atom is -0.368 e. The van der Waals surface area contributed by atoms with E-state index in [1.165, 1.54) is 5.56 Å². The van der Waals surface area contributed by atoms with Crippen LogP contribution in [-0.4, -0.2) is 53.1 Å². The molecule has 0 aliphatic carbocycles. The second kappa shape index (κ2) is 8.49. The SMILES string of the molecule is CCC(SCc1ccccc1)c1nc(N)nc(N2CCN(C)CC2)n1. The Balaban J connectivity index is 1.73. The lowest BCUT2D eigenvalue weighted by Crippen LogP contribution is -2.45. The highest BCUT2D eigenvalue weighted by atomic mass is 32.2. The number of thioether (sulfide) groups is 1. The van der Waals surface area contributed by atoms with Gasteiger partial charge in [-0.1, -0.05) is 37.3 Å². The normalized spacial score (nSPS) is 16.8. The number of hydrogen-bond donors (Lipinski definition) is 1. The van der Waals surface area contributed by atoms with Crippen molar-refractivity contribution in [3.05, 3.63) is 41.7 Å². The molecule has 1 saturated heterocycles. The Morgan fingerprint density at radius 2 is 1.80 bits per heavy atom. The van der Waals surface area contributed by atoms with E-state index in [0.717, 1.165) is 50.1 Å². The van der Waals surface area contributed by atoms with Gasteiger partial charge in [0, 0.05) is 31.9 Å². The fourth-order valence-corrected chi connectivity index (χ4v) is 3.91. The van der Waals surface area contributed by atoms with Crippen molar-refractivity contribution < 1.29 is 0 Å². The fourth-order valence-electron chi connectivity index (χ4n) is 2.84. The molecule has 1 atom stereocenters. The van der Waals surface area contributed by atoms with Crippen molar-refractivity contribution in [1.82, 2.24) is 19.9 Å². The van der Waals surface area contributed by atoms with E-state index in [9.17, 15) is 0 Å². The lowest BCUT2D eigenvalue weighted by Gasteiger charge is -2.32. The number of aromatic nitrogens is 3. The molecule has 6 nitrogen and oxygen atoms in total. The van der Waals surface area contributed by atoms with Crippen molar-refractivity contribution >= 4 is 23.7 Å². The molecule has 2 heterocycles. The second-order valence-electron chi connectivity index (χ2n) is 6.34. The summed E-state index contributed by atoms with van der Waals surface area (Å²) in [5.41, 5.74) is 7.30. The molecule has 1 aromatic carbocycles. The van der Waals surface area contributed by atoms with Gasteiger partial charge < -0.3 is 15.5 Å². The Morgan fingerprint density at radius 3 is 2.48 bits per heavy atom. The van der Waals surface area contributed by atoms with Crippen molar-refractivity contribution in [2.45, 2.75) is 24.3 Å². The third-order valence-corrected chi connectivity index (χ3v) is 5.84. The van der Waals surface area contributed by atoms with Crippen molar-refractivity contribution in [3.8, 4) is 0 Å². The smallest absolute Gasteiger partial charge is 0.230 e. The molecule has 1 unspecified atom stereocenters. The highest BCUT2D eigenvalue weighted by Gasteiger charge is 2.21. The van der Waals surface area contributed by atoms with Gasteiger partial charge in [-0.3, -0.25) is 0 Å². The predicted molar refractivity (Wildman–Crippen MR) is 105 cm³/mol. The van der Waals surface area contributed by atoms with Crippen LogP contribution in [0, 0.1) is 0 Å². The first-order chi connectivity index (χ1) is 12.2. The minimum atomic E-state index is 0.219. The summed E-state index contributed by atoms with van der Waals surface area (Å²) in [4.78, 5) is 18.1. The molecule has 3 rings (SSSR count). The predicted octanol–water partition coefficient (Wildman–Crippen LogP) is 2.59. The summed E-state index contributed by atoms with van der Waals surface area (Å²) in [5.74, 6) is 2.77. The van der Waals surface area contributed by atoms with Crippen molar-refractivity contribution in [2.24, 2.45) is 0 Å². The van der Waals surface area contributed by atoms with Crippen LogP contribution in [0.2, 0.25) is 0 Å². The van der Waals surface area contributed by atoms with Gasteiger partial charge in [0.25, 0.3) is 0 Å². The zero-order valence-corrected chi connectivity index (χ0v) is 15.7. The van der Waals surface area contributed by atoms with Gasteiger partial charge in [-0.2, -0.15) is 15.0 Å². The summed E-state index contributed by atoms with van der Waals surface area (Å²) in [7, 11) is 2.14. The average molecular weight is 359 g/mol. The lowest BCUT2D eigenvalue weighted by atomic mass is 10.2. The van der Waals surface area contributed by atoms with Gasteiger partial charge in [-0.05, 0) is 19.0 Å². The zero-order valence-electron chi connectivity index (χ0n) is 14.9. The van der Waals surface area contributed by atoms with E-state index in [1.807, 2.05) is 17.8 Å². The Labute approximate surface area is 153 Å². The Bertz CT molecular complexity index is 673. The molecule has 1 aromatic heterocycles. The first-order valence-electron chi connectivity index (χ1n) is 8.76. The van der Waals surface area contributed by atoms with Crippen LogP contribution < -0.4 is 10.6 Å². The van der Waals surface area contributed by atoms with Crippen LogP contribution in [0.15, 0.2) is 30.3 Å². The van der Waals surface area contributed by atoms with Gasteiger partial charge in [0.1, 0.15) is 5.82 Å². The number of hydrogen-bond acceptors (Lipinski definition) is 7. The molecule has 0 radical (unpaired) electrons. The largest absolute Gasteiger partial charge is 0.368 e. The summed E-state index contributed by atoms with van der Waals surface area (Å²) < 4.78 is 0. The van der Waals surface area contributed by atoms with E-state index in [0.29, 0.717) is 5.95 Å². The van der Waals surface area contributed by atoms with Crippen LogP contribution in [0.1, 0.15) is 30.0 Å². The van der Waals surface area contributed by atoms with Gasteiger partial charge in [-0.25, -0.2) is 0 Å². The zero-order chi connectivity index (χ0) is 17.6. The van der Waals surface area contributed by atoms with Crippen molar-refractivity contribution in [3.63, 3.8) is 0 Å². The van der Waals surface area contributed by atoms with E-state index >= 15 is 0 Å². The lowest BCUT2D eigenvalue weighted by molar-refractivity contribution is 0.311. The van der Waals surface area contributed by atoms with Crippen molar-refractivity contribution in [2.75, 3.05) is 43.9 Å². The van der Waals surface area contributed by atoms with Crippen molar-refractivity contribution in [1.29, 1.82) is 0 Å². The summed E-state index contributed by atoms with van der Waals surface area (Å²) in [6.45, 7) is 6.04. The average Bonchev–Trinajstić information content (AvgIpc) is 2.63. The number of benzene rings is 1. The molecule has 2 aromatic rings. The third-order valence-electron chi connectivity index (χ3n) is 4.40. The number of piperazine rings is 1. The van der Waals surface area contributed by atoms with Crippen LogP contribution >= 0.6 is 11.8 Å². The molecular weight excluding hydrogens is 332 g/mol. The molecule has 0 amide bonds. The molecule has 1 aliphatic rings. The van der Waals surface area contributed by atoms with Gasteiger partial charge in [0.05, 0.1) is 5.25 Å². The number of anilines is 2. The molecule has 2 N–H and O–H groups in total. The van der Waals surface area contributed by atoms with Crippen LogP contribution in [-0.2, 0) is 5.75 Å². The number of likely N-dealkylation sites (N-methyl/N-ethyl adjacent to an activating group) is 1. The fraction of sp³-hybridized carbons (Fsp3) is 0.500. The maximum absolute atomic E-state index is 5.98. The molecule has 0 bridgehead atoms. The van der Waals surface area contributed by atoms with E-state index in [1.54, 1.807) is 0 Å². The second-order valence-corrected chi connectivity index (χ2v) is 7.53. The maximum atomic E-state index is 5.98. The molecule has 1 aliphatic heterocycles. The topological polar surface area (TPSA) is 71.2 Å². The van der Waals surface area contributed by atoms with Gasteiger partial charge in [0.15, 0.2) is 0 Å². The molecule has 1 fully saturated rings. The van der Waals surface area contributed by atoms with Crippen LogP contribution in [0.3, 0.4) is 0 Å². The van der Waals surface area contributed by atoms with E-state index in [2.05, 4.69) is 58.0 Å². The van der Waals surface area contributed by atoms with E-state index < -0.39 is 0 Å².